The number of halogens is 2. The Bertz CT molecular complexity index is 212. The Hall–Kier alpha value is -0.710. The van der Waals surface area contributed by atoms with Gasteiger partial charge in [0.2, 0.25) is 0 Å². The van der Waals surface area contributed by atoms with Crippen LogP contribution in [0, 0.1) is 0 Å². The number of nitrogens with zero attached hydrogens (tertiary/aromatic N) is 2. The standard InChI is InChI=1S/C6H8F2N2S/c1-10(2)6-9-4(3-11-6)5(7)8/h3,5H,1-2H3. The van der Waals surface area contributed by atoms with Crippen molar-refractivity contribution in [1.82, 2.24) is 4.98 Å². The molecule has 0 atom stereocenters. The first-order chi connectivity index (χ1) is 5.11. The van der Waals surface area contributed by atoms with Crippen LogP contribution >= 0.6 is 11.3 Å². The summed E-state index contributed by atoms with van der Waals surface area (Å²) in [7, 11) is 3.54. The summed E-state index contributed by atoms with van der Waals surface area (Å²) in [5.41, 5.74) is -0.140. The average Bonchev–Trinajstić information content (AvgIpc) is 2.33. The van der Waals surface area contributed by atoms with E-state index in [-0.39, 0.29) is 5.69 Å². The number of aromatic nitrogens is 1. The molecule has 1 aromatic rings. The van der Waals surface area contributed by atoms with Crippen LogP contribution in [0.25, 0.3) is 0 Å². The highest BCUT2D eigenvalue weighted by Gasteiger charge is 2.11. The summed E-state index contributed by atoms with van der Waals surface area (Å²) in [6.45, 7) is 0. The molecular weight excluding hydrogens is 170 g/mol. The van der Waals surface area contributed by atoms with Gasteiger partial charge in [-0.2, -0.15) is 0 Å². The molecule has 0 aliphatic rings. The monoisotopic (exact) mass is 178 g/mol. The lowest BCUT2D eigenvalue weighted by Gasteiger charge is -2.05. The number of rotatable bonds is 2. The van der Waals surface area contributed by atoms with E-state index < -0.39 is 6.43 Å². The fourth-order valence-corrected chi connectivity index (χ4v) is 1.33. The van der Waals surface area contributed by atoms with Crippen LogP contribution in [-0.2, 0) is 0 Å². The van der Waals surface area contributed by atoms with E-state index in [9.17, 15) is 8.78 Å². The lowest BCUT2D eigenvalue weighted by Crippen LogP contribution is -2.07. The summed E-state index contributed by atoms with van der Waals surface area (Å²) in [4.78, 5) is 5.41. The Balaban J connectivity index is 2.82. The zero-order valence-corrected chi connectivity index (χ0v) is 7.03. The molecule has 5 heteroatoms. The third-order valence-electron chi connectivity index (χ3n) is 1.12. The molecule has 0 saturated carbocycles. The molecule has 0 saturated heterocycles. The highest BCUT2D eigenvalue weighted by atomic mass is 32.1. The molecule has 0 radical (unpaired) electrons. The molecular formula is C6H8F2N2S. The fourth-order valence-electron chi connectivity index (χ4n) is 0.582. The molecule has 1 rings (SSSR count). The maximum Gasteiger partial charge on any atom is 0.281 e. The molecule has 0 spiro atoms. The number of alkyl halides is 2. The van der Waals surface area contributed by atoms with Crippen molar-refractivity contribution in [2.75, 3.05) is 19.0 Å². The van der Waals surface area contributed by atoms with Crippen molar-refractivity contribution in [3.63, 3.8) is 0 Å². The summed E-state index contributed by atoms with van der Waals surface area (Å²) in [6, 6.07) is 0. The van der Waals surface area contributed by atoms with Gasteiger partial charge >= 0.3 is 0 Å². The van der Waals surface area contributed by atoms with Gasteiger partial charge < -0.3 is 4.90 Å². The Morgan fingerprint density at radius 1 is 1.55 bits per heavy atom. The van der Waals surface area contributed by atoms with Crippen molar-refractivity contribution in [2.24, 2.45) is 0 Å². The Morgan fingerprint density at radius 2 is 2.18 bits per heavy atom. The fraction of sp³-hybridized carbons (Fsp3) is 0.500. The SMILES string of the molecule is CN(C)c1nc(C(F)F)cs1. The lowest BCUT2D eigenvalue weighted by atomic mass is 10.5. The molecule has 11 heavy (non-hydrogen) atoms. The van der Waals surface area contributed by atoms with Crippen molar-refractivity contribution in [1.29, 1.82) is 0 Å². The zero-order valence-electron chi connectivity index (χ0n) is 6.21. The third kappa shape index (κ3) is 1.86. The molecule has 1 aromatic heterocycles. The highest BCUT2D eigenvalue weighted by molar-refractivity contribution is 7.13. The molecule has 0 bridgehead atoms. The number of anilines is 1. The average molecular weight is 178 g/mol. The predicted octanol–water partition coefficient (Wildman–Crippen LogP) is 2.15. The smallest absolute Gasteiger partial charge is 0.281 e. The minimum atomic E-state index is -2.46. The first-order valence-corrected chi connectivity index (χ1v) is 3.90. The van der Waals surface area contributed by atoms with Crippen molar-refractivity contribution in [2.45, 2.75) is 6.43 Å². The molecule has 0 aliphatic heterocycles. The number of hydrogen-bond donors (Lipinski definition) is 0. The molecule has 2 nitrogen and oxygen atoms in total. The minimum absolute atomic E-state index is 0.140. The maximum atomic E-state index is 12.0. The molecule has 0 N–H and O–H groups in total. The molecule has 1 heterocycles. The van der Waals surface area contributed by atoms with E-state index in [0.29, 0.717) is 5.13 Å². The van der Waals surface area contributed by atoms with E-state index >= 15 is 0 Å². The largest absolute Gasteiger partial charge is 0.354 e. The molecule has 0 aromatic carbocycles. The van der Waals surface area contributed by atoms with Crippen LogP contribution in [0.15, 0.2) is 5.38 Å². The van der Waals surface area contributed by atoms with Crippen LogP contribution < -0.4 is 4.90 Å². The first-order valence-electron chi connectivity index (χ1n) is 3.02. The van der Waals surface area contributed by atoms with E-state index in [1.807, 2.05) is 0 Å². The summed E-state index contributed by atoms with van der Waals surface area (Å²) in [6.07, 6.45) is -2.46. The van der Waals surface area contributed by atoms with Gasteiger partial charge in [0.05, 0.1) is 0 Å². The molecule has 0 amide bonds. The topological polar surface area (TPSA) is 16.1 Å². The van der Waals surface area contributed by atoms with Crippen LogP contribution in [0.5, 0.6) is 0 Å². The van der Waals surface area contributed by atoms with E-state index in [1.54, 1.807) is 19.0 Å². The first kappa shape index (κ1) is 8.39. The lowest BCUT2D eigenvalue weighted by molar-refractivity contribution is 0.147. The normalized spacial score (nSPS) is 10.6. The van der Waals surface area contributed by atoms with Gasteiger partial charge in [0.25, 0.3) is 6.43 Å². The van der Waals surface area contributed by atoms with Gasteiger partial charge in [-0.15, -0.1) is 11.3 Å². The van der Waals surface area contributed by atoms with Crippen LogP contribution in [0.2, 0.25) is 0 Å². The summed E-state index contributed by atoms with van der Waals surface area (Å²) >= 11 is 1.22. The number of thiazole rings is 1. The molecule has 0 fully saturated rings. The van der Waals surface area contributed by atoms with Gasteiger partial charge in [-0.3, -0.25) is 0 Å². The highest BCUT2D eigenvalue weighted by Crippen LogP contribution is 2.24. The summed E-state index contributed by atoms with van der Waals surface area (Å²) < 4.78 is 23.9. The maximum absolute atomic E-state index is 12.0. The summed E-state index contributed by atoms with van der Waals surface area (Å²) in [5.74, 6) is 0. The number of hydrogen-bond acceptors (Lipinski definition) is 3. The molecule has 62 valence electrons. The van der Waals surface area contributed by atoms with Crippen LogP contribution in [0.3, 0.4) is 0 Å². The minimum Gasteiger partial charge on any atom is -0.354 e. The quantitative estimate of drug-likeness (QED) is 0.689. The van der Waals surface area contributed by atoms with Crippen molar-refractivity contribution in [3.8, 4) is 0 Å². The van der Waals surface area contributed by atoms with E-state index in [4.69, 9.17) is 0 Å². The Kier molecular flexibility index (Phi) is 2.38. The zero-order chi connectivity index (χ0) is 8.43. The Morgan fingerprint density at radius 3 is 2.45 bits per heavy atom. The van der Waals surface area contributed by atoms with Crippen LogP contribution in [0.1, 0.15) is 12.1 Å². The molecule has 0 aliphatic carbocycles. The van der Waals surface area contributed by atoms with Gasteiger partial charge in [0.15, 0.2) is 5.13 Å². The predicted molar refractivity (Wildman–Crippen MR) is 41.4 cm³/mol. The van der Waals surface area contributed by atoms with Crippen LogP contribution in [0.4, 0.5) is 13.9 Å². The van der Waals surface area contributed by atoms with Crippen molar-refractivity contribution >= 4 is 16.5 Å². The van der Waals surface area contributed by atoms with Crippen molar-refractivity contribution < 1.29 is 8.78 Å². The van der Waals surface area contributed by atoms with Gasteiger partial charge in [-0.1, -0.05) is 0 Å². The van der Waals surface area contributed by atoms with Gasteiger partial charge in [-0.25, -0.2) is 13.8 Å². The van der Waals surface area contributed by atoms with E-state index in [1.165, 1.54) is 16.7 Å². The second-order valence-electron chi connectivity index (χ2n) is 2.25. The van der Waals surface area contributed by atoms with E-state index in [0.717, 1.165) is 0 Å². The van der Waals surface area contributed by atoms with Crippen LogP contribution in [-0.4, -0.2) is 19.1 Å². The van der Waals surface area contributed by atoms with Gasteiger partial charge in [0, 0.05) is 19.5 Å². The Labute approximate surface area is 67.5 Å². The molecule has 0 unspecified atom stereocenters. The van der Waals surface area contributed by atoms with Gasteiger partial charge in [-0.05, 0) is 0 Å². The van der Waals surface area contributed by atoms with Crippen molar-refractivity contribution in [3.05, 3.63) is 11.1 Å². The van der Waals surface area contributed by atoms with E-state index in [2.05, 4.69) is 4.98 Å². The second-order valence-corrected chi connectivity index (χ2v) is 3.09. The second kappa shape index (κ2) is 3.13. The summed E-state index contributed by atoms with van der Waals surface area (Å²) in [5, 5.41) is 1.99. The van der Waals surface area contributed by atoms with Gasteiger partial charge in [0.1, 0.15) is 5.69 Å². The third-order valence-corrected chi connectivity index (χ3v) is 2.14.